The molecule has 0 amide bonds. The van der Waals surface area contributed by atoms with Crippen molar-refractivity contribution in [3.63, 3.8) is 0 Å². The lowest BCUT2D eigenvalue weighted by Gasteiger charge is -2.28. The number of ether oxygens (including phenoxy) is 2. The van der Waals surface area contributed by atoms with Gasteiger partial charge in [-0.3, -0.25) is 0 Å². The van der Waals surface area contributed by atoms with E-state index in [0.717, 1.165) is 26.1 Å². The largest absolute Gasteiger partial charge is 0.348 e. The van der Waals surface area contributed by atoms with Gasteiger partial charge in [0.25, 0.3) is 0 Å². The molecule has 0 aromatic rings. The normalized spacial score (nSPS) is 29.1. The Morgan fingerprint density at radius 3 is 1.50 bits per heavy atom. The van der Waals surface area contributed by atoms with Crippen LogP contribution in [0.4, 0.5) is 0 Å². The highest BCUT2D eigenvalue weighted by Crippen LogP contribution is 2.36. The van der Waals surface area contributed by atoms with Crippen molar-refractivity contribution >= 4 is 7.85 Å². The van der Waals surface area contributed by atoms with Crippen LogP contribution in [0.1, 0.15) is 84.0 Å². The maximum atomic E-state index is 5.95. The average molecular weight is 280 g/mol. The average Bonchev–Trinajstić information content (AvgIpc) is 2.86. The first-order valence-electron chi connectivity index (χ1n) is 8.90. The topological polar surface area (TPSA) is 18.5 Å². The van der Waals surface area contributed by atoms with Crippen molar-refractivity contribution in [3.05, 3.63) is 0 Å². The van der Waals surface area contributed by atoms with Gasteiger partial charge in [-0.2, -0.15) is 0 Å². The van der Waals surface area contributed by atoms with Gasteiger partial charge in [-0.25, -0.2) is 0 Å². The minimum atomic E-state index is -0.205. The van der Waals surface area contributed by atoms with Crippen molar-refractivity contribution < 1.29 is 9.47 Å². The molecule has 1 aliphatic heterocycles. The maximum Gasteiger partial charge on any atom is 0.168 e. The molecular formula is C17H33BO2. The van der Waals surface area contributed by atoms with Gasteiger partial charge in [-0.05, 0) is 12.8 Å². The van der Waals surface area contributed by atoms with E-state index in [9.17, 15) is 0 Å². The second-order valence-corrected chi connectivity index (χ2v) is 7.60. The molecule has 2 aliphatic rings. The molecule has 0 N–H and O–H groups in total. The summed E-state index contributed by atoms with van der Waals surface area (Å²) in [7, 11) is 2.45. The molecule has 0 bridgehead atoms. The molecule has 0 aromatic carbocycles. The lowest BCUT2D eigenvalue weighted by atomic mass is 9.64. The molecular weight excluding hydrogens is 247 g/mol. The third-order valence-electron chi connectivity index (χ3n) is 5.14. The molecule has 0 atom stereocenters. The third-order valence-corrected chi connectivity index (χ3v) is 5.14. The molecule has 1 saturated carbocycles. The summed E-state index contributed by atoms with van der Waals surface area (Å²) in [5.74, 6) is -0.205. The Balaban J connectivity index is 1.81. The second kappa shape index (κ2) is 7.84. The van der Waals surface area contributed by atoms with Crippen LogP contribution in [0.15, 0.2) is 0 Å². The van der Waals surface area contributed by atoms with Gasteiger partial charge < -0.3 is 9.47 Å². The predicted octanol–water partition coefficient (Wildman–Crippen LogP) is 4.24. The molecule has 116 valence electrons. The quantitative estimate of drug-likeness (QED) is 0.618. The monoisotopic (exact) mass is 280 g/mol. The van der Waals surface area contributed by atoms with E-state index in [1.54, 1.807) is 0 Å². The molecule has 2 fully saturated rings. The zero-order valence-corrected chi connectivity index (χ0v) is 13.7. The minimum Gasteiger partial charge on any atom is -0.348 e. The number of hydrogen-bond acceptors (Lipinski definition) is 2. The highest BCUT2D eigenvalue weighted by atomic mass is 16.7. The maximum absolute atomic E-state index is 5.95. The molecule has 1 aliphatic carbocycles. The number of rotatable bonds is 0. The standard InChI is InChI=1S/C17H33BO2/c1-16(18)10-6-2-4-8-12-17(19-14-15-20-17)13-9-5-3-7-11-16/h2-15,18H2,1H3. The minimum absolute atomic E-state index is 0.205. The van der Waals surface area contributed by atoms with Gasteiger partial charge in [0, 0.05) is 12.8 Å². The van der Waals surface area contributed by atoms with Crippen LogP contribution >= 0.6 is 0 Å². The Labute approximate surface area is 126 Å². The van der Waals surface area contributed by atoms with Gasteiger partial charge in [0.2, 0.25) is 0 Å². The number of hydrogen-bond donors (Lipinski definition) is 0. The van der Waals surface area contributed by atoms with Crippen LogP contribution in [0.2, 0.25) is 5.31 Å². The molecule has 20 heavy (non-hydrogen) atoms. The summed E-state index contributed by atoms with van der Waals surface area (Å²) < 4.78 is 11.9. The van der Waals surface area contributed by atoms with Gasteiger partial charge in [-0.15, -0.1) is 0 Å². The zero-order valence-electron chi connectivity index (χ0n) is 13.7. The van der Waals surface area contributed by atoms with Crippen molar-refractivity contribution in [3.8, 4) is 0 Å². The van der Waals surface area contributed by atoms with Crippen LogP contribution in [0.3, 0.4) is 0 Å². The first kappa shape index (κ1) is 16.4. The van der Waals surface area contributed by atoms with Crippen LogP contribution in [0, 0.1) is 0 Å². The van der Waals surface area contributed by atoms with Gasteiger partial charge >= 0.3 is 0 Å². The fraction of sp³-hybridized carbons (Fsp3) is 1.00. The van der Waals surface area contributed by atoms with Crippen molar-refractivity contribution in [1.29, 1.82) is 0 Å². The van der Waals surface area contributed by atoms with E-state index < -0.39 is 0 Å². The summed E-state index contributed by atoms with van der Waals surface area (Å²) in [6, 6.07) is 0. The van der Waals surface area contributed by atoms with Gasteiger partial charge in [0.05, 0.1) is 13.2 Å². The predicted molar refractivity (Wildman–Crippen MR) is 87.0 cm³/mol. The van der Waals surface area contributed by atoms with Crippen molar-refractivity contribution in [1.82, 2.24) is 0 Å². The Kier molecular flexibility index (Phi) is 6.41. The third kappa shape index (κ3) is 5.40. The van der Waals surface area contributed by atoms with Crippen LogP contribution in [-0.2, 0) is 9.47 Å². The summed E-state index contributed by atoms with van der Waals surface area (Å²) in [4.78, 5) is 0. The molecule has 1 spiro atoms. The van der Waals surface area contributed by atoms with E-state index in [1.807, 2.05) is 0 Å². The Morgan fingerprint density at radius 2 is 1.05 bits per heavy atom. The molecule has 3 heteroatoms. The summed E-state index contributed by atoms with van der Waals surface area (Å²) in [5.41, 5.74) is 0. The van der Waals surface area contributed by atoms with Crippen molar-refractivity contribution in [2.45, 2.75) is 95.1 Å². The van der Waals surface area contributed by atoms with Crippen LogP contribution in [0.25, 0.3) is 0 Å². The van der Waals surface area contributed by atoms with Crippen LogP contribution < -0.4 is 0 Å². The van der Waals surface area contributed by atoms with Crippen molar-refractivity contribution in [2.75, 3.05) is 13.2 Å². The molecule has 2 nitrogen and oxygen atoms in total. The SMILES string of the molecule is BC1(C)CCCCCCC2(CCCCCC1)OCCO2. The molecule has 0 unspecified atom stereocenters. The van der Waals surface area contributed by atoms with E-state index in [4.69, 9.17) is 9.47 Å². The molecule has 0 aromatic heterocycles. The zero-order chi connectivity index (χ0) is 14.3. The highest BCUT2D eigenvalue weighted by molar-refractivity contribution is 6.14. The Bertz CT molecular complexity index is 252. The Morgan fingerprint density at radius 1 is 0.650 bits per heavy atom. The fourth-order valence-corrected chi connectivity index (χ4v) is 3.74. The van der Waals surface area contributed by atoms with Gasteiger partial charge in [-0.1, -0.05) is 63.6 Å². The highest BCUT2D eigenvalue weighted by Gasteiger charge is 2.35. The van der Waals surface area contributed by atoms with E-state index in [1.165, 1.54) is 64.2 Å². The van der Waals surface area contributed by atoms with Crippen LogP contribution in [-0.4, -0.2) is 26.8 Å². The lowest BCUT2D eigenvalue weighted by Crippen LogP contribution is -2.30. The van der Waals surface area contributed by atoms with Crippen LogP contribution in [0.5, 0.6) is 0 Å². The van der Waals surface area contributed by atoms with Crippen molar-refractivity contribution in [2.24, 2.45) is 0 Å². The van der Waals surface area contributed by atoms with Gasteiger partial charge in [0.1, 0.15) is 7.85 Å². The smallest absolute Gasteiger partial charge is 0.168 e. The first-order valence-corrected chi connectivity index (χ1v) is 8.90. The summed E-state index contributed by atoms with van der Waals surface area (Å²) in [6.07, 6.45) is 15.7. The summed E-state index contributed by atoms with van der Waals surface area (Å²) >= 11 is 0. The van der Waals surface area contributed by atoms with E-state index in [-0.39, 0.29) is 5.79 Å². The molecule has 2 rings (SSSR count). The Hall–Kier alpha value is -0.0151. The summed E-state index contributed by atoms with van der Waals surface area (Å²) in [5, 5.41) is 0.559. The molecule has 1 saturated heterocycles. The molecule has 0 radical (unpaired) electrons. The van der Waals surface area contributed by atoms with Gasteiger partial charge in [0.15, 0.2) is 5.79 Å². The summed E-state index contributed by atoms with van der Waals surface area (Å²) in [6.45, 7) is 4.05. The second-order valence-electron chi connectivity index (χ2n) is 7.60. The van der Waals surface area contributed by atoms with E-state index >= 15 is 0 Å². The van der Waals surface area contributed by atoms with E-state index in [2.05, 4.69) is 14.8 Å². The van der Waals surface area contributed by atoms with E-state index in [0.29, 0.717) is 5.31 Å². The molecule has 1 heterocycles. The lowest BCUT2D eigenvalue weighted by molar-refractivity contribution is -0.168. The fourth-order valence-electron chi connectivity index (χ4n) is 3.74. The first-order chi connectivity index (χ1) is 9.62.